The molecule has 1 N–H and O–H groups in total. The van der Waals surface area contributed by atoms with Gasteiger partial charge in [-0.15, -0.1) is 0 Å². The second-order valence-corrected chi connectivity index (χ2v) is 7.31. The fourth-order valence-electron chi connectivity index (χ4n) is 3.06. The Labute approximate surface area is 139 Å². The highest BCUT2D eigenvalue weighted by Gasteiger charge is 2.19. The van der Waals surface area contributed by atoms with Gasteiger partial charge in [-0.1, -0.05) is 39.0 Å². The van der Waals surface area contributed by atoms with E-state index in [0.717, 1.165) is 36.2 Å². The Morgan fingerprint density at radius 3 is 2.43 bits per heavy atom. The Kier molecular flexibility index (Phi) is 4.24. The standard InChI is InChI=1S/C19H26N4/c1-14-13-17(22-18(20-14)23-11-7-8-12-23)21-16-10-6-5-9-15(16)19(2,3)4/h5-6,9-10,13H,7-8,11-12H2,1-4H3,(H,20,21,22). The Bertz CT molecular complexity index is 682. The number of aryl methyl sites for hydroxylation is 1. The molecule has 0 aliphatic carbocycles. The summed E-state index contributed by atoms with van der Waals surface area (Å²) < 4.78 is 0. The molecule has 1 aromatic carbocycles. The van der Waals surface area contributed by atoms with Gasteiger partial charge in [0.05, 0.1) is 0 Å². The monoisotopic (exact) mass is 310 g/mol. The van der Waals surface area contributed by atoms with Gasteiger partial charge in [-0.3, -0.25) is 0 Å². The van der Waals surface area contributed by atoms with Crippen LogP contribution >= 0.6 is 0 Å². The molecule has 3 rings (SSSR count). The molecule has 2 heterocycles. The second kappa shape index (κ2) is 6.19. The Hall–Kier alpha value is -2.10. The number of aromatic nitrogens is 2. The predicted octanol–water partition coefficient (Wildman–Crippen LogP) is 4.43. The van der Waals surface area contributed by atoms with Crippen LogP contribution in [0.5, 0.6) is 0 Å². The molecule has 0 saturated carbocycles. The summed E-state index contributed by atoms with van der Waals surface area (Å²) in [5.41, 5.74) is 3.49. The molecule has 1 aliphatic rings. The highest BCUT2D eigenvalue weighted by Crippen LogP contribution is 2.31. The van der Waals surface area contributed by atoms with Gasteiger partial charge in [0.15, 0.2) is 0 Å². The lowest BCUT2D eigenvalue weighted by Gasteiger charge is -2.23. The van der Waals surface area contributed by atoms with Crippen molar-refractivity contribution in [2.75, 3.05) is 23.3 Å². The summed E-state index contributed by atoms with van der Waals surface area (Å²) in [6.45, 7) is 10.8. The first-order valence-corrected chi connectivity index (χ1v) is 8.41. The molecule has 0 unspecified atom stereocenters. The number of hydrogen-bond donors (Lipinski definition) is 1. The van der Waals surface area contributed by atoms with Crippen LogP contribution in [0.4, 0.5) is 17.5 Å². The Morgan fingerprint density at radius 2 is 1.74 bits per heavy atom. The number of benzene rings is 1. The number of hydrogen-bond acceptors (Lipinski definition) is 4. The van der Waals surface area contributed by atoms with Crippen molar-refractivity contribution in [2.45, 2.75) is 46.0 Å². The summed E-state index contributed by atoms with van der Waals surface area (Å²) in [6.07, 6.45) is 2.46. The average Bonchev–Trinajstić information content (AvgIpc) is 3.00. The van der Waals surface area contributed by atoms with Crippen molar-refractivity contribution < 1.29 is 0 Å². The molecule has 0 radical (unpaired) electrons. The van der Waals surface area contributed by atoms with E-state index in [1.807, 2.05) is 13.0 Å². The summed E-state index contributed by atoms with van der Waals surface area (Å²) in [6, 6.07) is 10.5. The summed E-state index contributed by atoms with van der Waals surface area (Å²) >= 11 is 0. The second-order valence-electron chi connectivity index (χ2n) is 7.31. The topological polar surface area (TPSA) is 41.1 Å². The van der Waals surface area contributed by atoms with E-state index >= 15 is 0 Å². The molecule has 0 amide bonds. The first-order chi connectivity index (χ1) is 10.9. The van der Waals surface area contributed by atoms with Gasteiger partial charge in [0.1, 0.15) is 5.82 Å². The van der Waals surface area contributed by atoms with Gasteiger partial charge >= 0.3 is 0 Å². The maximum atomic E-state index is 4.74. The number of anilines is 3. The van der Waals surface area contributed by atoms with Crippen LogP contribution in [0.25, 0.3) is 0 Å². The van der Waals surface area contributed by atoms with Gasteiger partial charge < -0.3 is 10.2 Å². The maximum Gasteiger partial charge on any atom is 0.227 e. The number of rotatable bonds is 3. The van der Waals surface area contributed by atoms with Gasteiger partial charge in [0, 0.05) is 30.5 Å². The lowest BCUT2D eigenvalue weighted by molar-refractivity contribution is 0.592. The summed E-state index contributed by atoms with van der Waals surface area (Å²) in [7, 11) is 0. The molecule has 1 aromatic heterocycles. The first-order valence-electron chi connectivity index (χ1n) is 8.41. The van der Waals surface area contributed by atoms with Crippen molar-refractivity contribution in [1.82, 2.24) is 9.97 Å². The zero-order valence-electron chi connectivity index (χ0n) is 14.6. The molecule has 1 saturated heterocycles. The summed E-state index contributed by atoms with van der Waals surface area (Å²) in [4.78, 5) is 11.6. The third-order valence-electron chi connectivity index (χ3n) is 4.23. The lowest BCUT2D eigenvalue weighted by Crippen LogP contribution is -2.21. The molecule has 0 bridgehead atoms. The van der Waals surface area contributed by atoms with Gasteiger partial charge in [-0.2, -0.15) is 4.98 Å². The van der Waals surface area contributed by atoms with E-state index in [0.29, 0.717) is 0 Å². The highest BCUT2D eigenvalue weighted by molar-refractivity contribution is 5.63. The number of nitrogens with zero attached hydrogens (tertiary/aromatic N) is 3. The first kappa shape index (κ1) is 15.8. The molecule has 1 aliphatic heterocycles. The van der Waals surface area contributed by atoms with Crippen LogP contribution in [0.1, 0.15) is 44.9 Å². The molecule has 1 fully saturated rings. The van der Waals surface area contributed by atoms with E-state index in [-0.39, 0.29) is 5.41 Å². The molecule has 23 heavy (non-hydrogen) atoms. The third-order valence-corrected chi connectivity index (χ3v) is 4.23. The molecule has 4 nitrogen and oxygen atoms in total. The lowest BCUT2D eigenvalue weighted by atomic mass is 9.86. The van der Waals surface area contributed by atoms with Gasteiger partial charge in [-0.05, 0) is 36.8 Å². The van der Waals surface area contributed by atoms with E-state index in [1.165, 1.54) is 18.4 Å². The highest BCUT2D eigenvalue weighted by atomic mass is 15.3. The quantitative estimate of drug-likeness (QED) is 0.910. The van der Waals surface area contributed by atoms with Crippen molar-refractivity contribution in [3.05, 3.63) is 41.6 Å². The van der Waals surface area contributed by atoms with Crippen LogP contribution in [-0.4, -0.2) is 23.1 Å². The maximum absolute atomic E-state index is 4.74. The predicted molar refractivity (Wildman–Crippen MR) is 96.6 cm³/mol. The van der Waals surface area contributed by atoms with Crippen molar-refractivity contribution in [1.29, 1.82) is 0 Å². The minimum absolute atomic E-state index is 0.0868. The van der Waals surface area contributed by atoms with E-state index < -0.39 is 0 Å². The van der Waals surface area contributed by atoms with Crippen molar-refractivity contribution in [3.63, 3.8) is 0 Å². The summed E-state index contributed by atoms with van der Waals surface area (Å²) in [5.74, 6) is 1.72. The molecular weight excluding hydrogens is 284 g/mol. The molecule has 2 aromatic rings. The van der Waals surface area contributed by atoms with E-state index in [4.69, 9.17) is 4.98 Å². The molecule has 4 heteroatoms. The van der Waals surface area contributed by atoms with Crippen molar-refractivity contribution in [2.24, 2.45) is 0 Å². The zero-order chi connectivity index (χ0) is 16.4. The minimum atomic E-state index is 0.0868. The number of para-hydroxylation sites is 1. The SMILES string of the molecule is Cc1cc(Nc2ccccc2C(C)(C)C)nc(N2CCCC2)n1. The Balaban J connectivity index is 1.92. The van der Waals surface area contributed by atoms with Crippen LogP contribution < -0.4 is 10.2 Å². The van der Waals surface area contributed by atoms with Gasteiger partial charge in [0.25, 0.3) is 0 Å². The van der Waals surface area contributed by atoms with Crippen LogP contribution in [0.15, 0.2) is 30.3 Å². The van der Waals surface area contributed by atoms with Crippen LogP contribution in [0.3, 0.4) is 0 Å². The van der Waals surface area contributed by atoms with Crippen molar-refractivity contribution >= 4 is 17.5 Å². The normalized spacial score (nSPS) is 15.0. The van der Waals surface area contributed by atoms with E-state index in [1.54, 1.807) is 0 Å². The van der Waals surface area contributed by atoms with Crippen molar-refractivity contribution in [3.8, 4) is 0 Å². The van der Waals surface area contributed by atoms with Gasteiger partial charge in [-0.25, -0.2) is 4.98 Å². The fraction of sp³-hybridized carbons (Fsp3) is 0.474. The average molecular weight is 310 g/mol. The van der Waals surface area contributed by atoms with E-state index in [2.05, 4.69) is 60.2 Å². The minimum Gasteiger partial charge on any atom is -0.341 e. The van der Waals surface area contributed by atoms with Crippen LogP contribution in [0, 0.1) is 6.92 Å². The number of nitrogens with one attached hydrogen (secondary N) is 1. The van der Waals surface area contributed by atoms with Crippen LogP contribution in [0.2, 0.25) is 0 Å². The van der Waals surface area contributed by atoms with E-state index in [9.17, 15) is 0 Å². The molecule has 0 atom stereocenters. The zero-order valence-corrected chi connectivity index (χ0v) is 14.6. The largest absolute Gasteiger partial charge is 0.341 e. The Morgan fingerprint density at radius 1 is 1.04 bits per heavy atom. The van der Waals surface area contributed by atoms with Gasteiger partial charge in [0.2, 0.25) is 5.95 Å². The molecular formula is C19H26N4. The molecule has 122 valence electrons. The molecule has 0 spiro atoms. The fourth-order valence-corrected chi connectivity index (χ4v) is 3.06. The third kappa shape index (κ3) is 3.63. The van der Waals surface area contributed by atoms with Crippen LogP contribution in [-0.2, 0) is 5.41 Å². The summed E-state index contributed by atoms with van der Waals surface area (Å²) in [5, 5.41) is 3.51. The smallest absolute Gasteiger partial charge is 0.227 e.